The van der Waals surface area contributed by atoms with Gasteiger partial charge in [-0.15, -0.1) is 0 Å². The van der Waals surface area contributed by atoms with Crippen molar-refractivity contribution < 1.29 is 14.4 Å². The van der Waals surface area contributed by atoms with Gasteiger partial charge in [0.15, 0.2) is 0 Å². The SMILES string of the molecule is Cc1ccccc1C(=O)N(C1CCCCC1)C1CC(=O)N(c2ccc(C(C)C)cc2)C1=O. The molecule has 0 N–H and O–H groups in total. The maximum absolute atomic E-state index is 13.7. The Hall–Kier alpha value is -2.95. The van der Waals surface area contributed by atoms with Crippen LogP contribution in [-0.2, 0) is 9.59 Å². The first-order chi connectivity index (χ1) is 15.4. The van der Waals surface area contributed by atoms with Crippen molar-refractivity contribution in [2.75, 3.05) is 4.90 Å². The monoisotopic (exact) mass is 432 g/mol. The molecule has 2 aliphatic rings. The Labute approximate surface area is 190 Å². The summed E-state index contributed by atoms with van der Waals surface area (Å²) in [6.45, 7) is 6.13. The fourth-order valence-corrected chi connectivity index (χ4v) is 4.99. The van der Waals surface area contributed by atoms with E-state index in [0.29, 0.717) is 17.2 Å². The third-order valence-electron chi connectivity index (χ3n) is 6.85. The molecule has 0 bridgehead atoms. The van der Waals surface area contributed by atoms with Gasteiger partial charge in [-0.3, -0.25) is 14.4 Å². The summed E-state index contributed by atoms with van der Waals surface area (Å²) < 4.78 is 0. The van der Waals surface area contributed by atoms with Crippen LogP contribution in [0.4, 0.5) is 5.69 Å². The highest BCUT2D eigenvalue weighted by Crippen LogP contribution is 2.33. The van der Waals surface area contributed by atoms with Crippen LogP contribution in [0.5, 0.6) is 0 Å². The lowest BCUT2D eigenvalue weighted by atomic mass is 9.91. The van der Waals surface area contributed by atoms with Gasteiger partial charge in [-0.2, -0.15) is 0 Å². The Balaban J connectivity index is 1.67. The second-order valence-electron chi connectivity index (χ2n) is 9.35. The van der Waals surface area contributed by atoms with Gasteiger partial charge in [-0.1, -0.05) is 63.4 Å². The van der Waals surface area contributed by atoms with Gasteiger partial charge in [0.1, 0.15) is 6.04 Å². The van der Waals surface area contributed by atoms with E-state index in [1.807, 2.05) is 55.5 Å². The van der Waals surface area contributed by atoms with E-state index in [0.717, 1.165) is 43.2 Å². The van der Waals surface area contributed by atoms with Crippen molar-refractivity contribution in [2.24, 2.45) is 0 Å². The smallest absolute Gasteiger partial charge is 0.257 e. The van der Waals surface area contributed by atoms with Gasteiger partial charge in [0.05, 0.1) is 12.1 Å². The molecule has 0 spiro atoms. The predicted octanol–water partition coefficient (Wildman–Crippen LogP) is 5.23. The Morgan fingerprint density at radius 2 is 1.62 bits per heavy atom. The summed E-state index contributed by atoms with van der Waals surface area (Å²) in [4.78, 5) is 43.3. The number of rotatable bonds is 5. The minimum Gasteiger partial charge on any atom is -0.323 e. The molecule has 2 fully saturated rings. The first kappa shape index (κ1) is 22.3. The van der Waals surface area contributed by atoms with E-state index in [2.05, 4.69) is 13.8 Å². The van der Waals surface area contributed by atoms with E-state index in [1.54, 1.807) is 4.90 Å². The first-order valence-corrected chi connectivity index (χ1v) is 11.7. The molecule has 3 amide bonds. The number of nitrogens with zero attached hydrogens (tertiary/aromatic N) is 2. The molecule has 168 valence electrons. The fourth-order valence-electron chi connectivity index (χ4n) is 4.99. The van der Waals surface area contributed by atoms with Crippen LogP contribution in [0.15, 0.2) is 48.5 Å². The average Bonchev–Trinajstić information content (AvgIpc) is 3.08. The number of hydrogen-bond donors (Lipinski definition) is 0. The number of anilines is 1. The van der Waals surface area contributed by atoms with Crippen LogP contribution < -0.4 is 4.90 Å². The van der Waals surface area contributed by atoms with Gasteiger partial charge in [0.2, 0.25) is 5.91 Å². The van der Waals surface area contributed by atoms with E-state index in [-0.39, 0.29) is 30.2 Å². The molecule has 1 saturated carbocycles. The second kappa shape index (κ2) is 9.27. The van der Waals surface area contributed by atoms with E-state index in [1.165, 1.54) is 4.90 Å². The topological polar surface area (TPSA) is 57.7 Å². The third kappa shape index (κ3) is 4.21. The normalized spacial score (nSPS) is 19.6. The van der Waals surface area contributed by atoms with Crippen molar-refractivity contribution >= 4 is 23.4 Å². The van der Waals surface area contributed by atoms with E-state index < -0.39 is 6.04 Å². The molecule has 2 aromatic carbocycles. The number of carbonyl (C=O) groups is 3. The molecule has 5 nitrogen and oxygen atoms in total. The highest BCUT2D eigenvalue weighted by atomic mass is 16.2. The molecular weight excluding hydrogens is 400 g/mol. The van der Waals surface area contributed by atoms with Gasteiger partial charge in [-0.05, 0) is 55.0 Å². The molecule has 0 aromatic heterocycles. The van der Waals surface area contributed by atoms with E-state index in [4.69, 9.17) is 0 Å². The van der Waals surface area contributed by atoms with E-state index >= 15 is 0 Å². The standard InChI is InChI=1S/C27H32N2O3/c1-18(2)20-13-15-22(16-14-20)29-25(30)17-24(27(29)32)28(21-10-5-4-6-11-21)26(31)23-12-8-7-9-19(23)3/h7-9,12-16,18,21,24H,4-6,10-11,17H2,1-3H3. The van der Waals surface area contributed by atoms with E-state index in [9.17, 15) is 14.4 Å². The summed E-state index contributed by atoms with van der Waals surface area (Å²) in [5, 5.41) is 0. The average molecular weight is 433 g/mol. The molecule has 32 heavy (non-hydrogen) atoms. The van der Waals surface area contributed by atoms with Crippen molar-refractivity contribution in [1.82, 2.24) is 4.90 Å². The van der Waals surface area contributed by atoms with Crippen LogP contribution in [0, 0.1) is 6.92 Å². The molecular formula is C27H32N2O3. The van der Waals surface area contributed by atoms with Crippen LogP contribution in [0.2, 0.25) is 0 Å². The zero-order chi connectivity index (χ0) is 22.8. The van der Waals surface area contributed by atoms with Crippen LogP contribution in [0.1, 0.15) is 79.8 Å². The van der Waals surface area contributed by atoms with Crippen LogP contribution in [-0.4, -0.2) is 34.7 Å². The molecule has 1 saturated heterocycles. The van der Waals surface area contributed by atoms with Gasteiger partial charge >= 0.3 is 0 Å². The van der Waals surface area contributed by atoms with Crippen molar-refractivity contribution in [3.05, 3.63) is 65.2 Å². The fraction of sp³-hybridized carbons (Fsp3) is 0.444. The minimum atomic E-state index is -0.748. The first-order valence-electron chi connectivity index (χ1n) is 11.7. The summed E-state index contributed by atoms with van der Waals surface area (Å²) in [6.07, 6.45) is 5.01. The van der Waals surface area contributed by atoms with Crippen molar-refractivity contribution in [1.29, 1.82) is 0 Å². The van der Waals surface area contributed by atoms with Gasteiger partial charge in [-0.25, -0.2) is 4.90 Å². The minimum absolute atomic E-state index is 0.0131. The number of benzene rings is 2. The van der Waals surface area contributed by atoms with Gasteiger partial charge < -0.3 is 4.90 Å². The largest absolute Gasteiger partial charge is 0.323 e. The summed E-state index contributed by atoms with van der Waals surface area (Å²) in [5.41, 5.74) is 3.23. The molecule has 1 heterocycles. The van der Waals surface area contributed by atoms with Crippen LogP contribution in [0.3, 0.4) is 0 Å². The predicted molar refractivity (Wildman–Crippen MR) is 126 cm³/mol. The highest BCUT2D eigenvalue weighted by Gasteiger charge is 2.46. The zero-order valence-corrected chi connectivity index (χ0v) is 19.2. The van der Waals surface area contributed by atoms with Crippen molar-refractivity contribution in [3.63, 3.8) is 0 Å². The Bertz CT molecular complexity index is 1010. The molecule has 1 aliphatic carbocycles. The van der Waals surface area contributed by atoms with Crippen molar-refractivity contribution in [3.8, 4) is 0 Å². The zero-order valence-electron chi connectivity index (χ0n) is 19.2. The lowest BCUT2D eigenvalue weighted by Crippen LogP contribution is -2.51. The Morgan fingerprint density at radius 3 is 2.25 bits per heavy atom. The maximum Gasteiger partial charge on any atom is 0.257 e. The molecule has 0 radical (unpaired) electrons. The highest BCUT2D eigenvalue weighted by molar-refractivity contribution is 6.23. The third-order valence-corrected chi connectivity index (χ3v) is 6.85. The lowest BCUT2D eigenvalue weighted by Gasteiger charge is -2.37. The maximum atomic E-state index is 13.7. The summed E-state index contributed by atoms with van der Waals surface area (Å²) in [5.74, 6) is -0.302. The Kier molecular flexibility index (Phi) is 6.45. The number of hydrogen-bond acceptors (Lipinski definition) is 3. The summed E-state index contributed by atoms with van der Waals surface area (Å²) in [6, 6.07) is 14.3. The Morgan fingerprint density at radius 1 is 0.969 bits per heavy atom. The molecule has 1 aliphatic heterocycles. The number of aryl methyl sites for hydroxylation is 1. The molecule has 5 heteroatoms. The molecule has 4 rings (SSSR count). The second-order valence-corrected chi connectivity index (χ2v) is 9.35. The quantitative estimate of drug-likeness (QED) is 0.608. The van der Waals surface area contributed by atoms with Crippen LogP contribution >= 0.6 is 0 Å². The molecule has 2 aromatic rings. The number of carbonyl (C=O) groups excluding carboxylic acids is 3. The number of imide groups is 1. The summed E-state index contributed by atoms with van der Waals surface area (Å²) in [7, 11) is 0. The number of amides is 3. The van der Waals surface area contributed by atoms with Gasteiger partial charge in [0, 0.05) is 11.6 Å². The molecule has 1 unspecified atom stereocenters. The summed E-state index contributed by atoms with van der Waals surface area (Å²) >= 11 is 0. The van der Waals surface area contributed by atoms with Gasteiger partial charge in [0.25, 0.3) is 11.8 Å². The molecule has 1 atom stereocenters. The van der Waals surface area contributed by atoms with Crippen molar-refractivity contribution in [2.45, 2.75) is 77.3 Å². The van der Waals surface area contributed by atoms with Crippen LogP contribution in [0.25, 0.3) is 0 Å². The lowest BCUT2D eigenvalue weighted by molar-refractivity contribution is -0.123.